The van der Waals surface area contributed by atoms with Crippen molar-refractivity contribution in [3.63, 3.8) is 0 Å². The number of imide groups is 1. The topological polar surface area (TPSA) is 57.7 Å². The maximum absolute atomic E-state index is 15.0. The molecule has 1 atom stereocenters. The largest absolute Gasteiger partial charge is 0.294 e. The van der Waals surface area contributed by atoms with Gasteiger partial charge in [-0.25, -0.2) is 4.39 Å². The molecule has 3 amide bonds. The molecule has 19 heavy (non-hydrogen) atoms. The predicted molar refractivity (Wildman–Crippen MR) is 65.0 cm³/mol. The molecule has 0 unspecified atom stereocenters. The van der Waals surface area contributed by atoms with E-state index in [0.29, 0.717) is 5.56 Å². The normalized spacial score (nSPS) is 27.2. The van der Waals surface area contributed by atoms with Gasteiger partial charge in [0.1, 0.15) is 0 Å². The highest BCUT2D eigenvalue weighted by atomic mass is 32.1. The molecule has 1 aromatic heterocycles. The zero-order valence-electron chi connectivity index (χ0n) is 10.2. The lowest BCUT2D eigenvalue weighted by molar-refractivity contribution is -0.168. The molecule has 7 heteroatoms. The smallest absolute Gasteiger partial charge is 0.287 e. The van der Waals surface area contributed by atoms with Crippen LogP contribution in [-0.4, -0.2) is 40.4 Å². The summed E-state index contributed by atoms with van der Waals surface area (Å²) in [4.78, 5) is 37.2. The number of rotatable bonds is 1. The van der Waals surface area contributed by atoms with E-state index < -0.39 is 23.5 Å². The van der Waals surface area contributed by atoms with E-state index in [2.05, 4.69) is 0 Å². The molecule has 3 rings (SSSR count). The molecule has 0 spiro atoms. The molecule has 0 aliphatic carbocycles. The molecule has 5 nitrogen and oxygen atoms in total. The van der Waals surface area contributed by atoms with Gasteiger partial charge in [0.25, 0.3) is 17.6 Å². The van der Waals surface area contributed by atoms with Crippen molar-refractivity contribution in [2.24, 2.45) is 0 Å². The minimum absolute atomic E-state index is 0.0740. The lowest BCUT2D eigenvalue weighted by Gasteiger charge is -2.38. The van der Waals surface area contributed by atoms with Gasteiger partial charge in [-0.3, -0.25) is 24.2 Å². The first kappa shape index (κ1) is 12.3. The van der Waals surface area contributed by atoms with Gasteiger partial charge in [-0.2, -0.15) is 11.3 Å². The molecule has 2 aliphatic rings. The number of likely N-dealkylation sites (tertiary alicyclic amines) is 1. The Balaban J connectivity index is 1.95. The minimum atomic E-state index is -2.41. The van der Waals surface area contributed by atoms with Crippen molar-refractivity contribution in [1.82, 2.24) is 9.80 Å². The Morgan fingerprint density at radius 3 is 2.74 bits per heavy atom. The molecule has 100 valence electrons. The van der Waals surface area contributed by atoms with E-state index in [-0.39, 0.29) is 19.4 Å². The van der Waals surface area contributed by atoms with Gasteiger partial charge in [-0.05, 0) is 10.9 Å². The van der Waals surface area contributed by atoms with Gasteiger partial charge in [-0.1, -0.05) is 0 Å². The van der Waals surface area contributed by atoms with Crippen LogP contribution in [0.4, 0.5) is 4.39 Å². The van der Waals surface area contributed by atoms with E-state index in [1.807, 2.05) is 0 Å². The second kappa shape index (κ2) is 3.86. The summed E-state index contributed by atoms with van der Waals surface area (Å²) in [5, 5.41) is 3.43. The SMILES string of the molecule is CN1C(=O)CC[C@](F)(N2Cc3cscc3C2=O)C1=O. The number of halogens is 1. The number of fused-ring (bicyclic) bond motifs is 1. The van der Waals surface area contributed by atoms with E-state index >= 15 is 0 Å². The minimum Gasteiger partial charge on any atom is -0.294 e. The molecule has 0 aromatic carbocycles. The summed E-state index contributed by atoms with van der Waals surface area (Å²) in [6.45, 7) is 0.0853. The van der Waals surface area contributed by atoms with Crippen LogP contribution < -0.4 is 0 Å². The monoisotopic (exact) mass is 282 g/mol. The summed E-state index contributed by atoms with van der Waals surface area (Å²) in [5.41, 5.74) is 1.19. The van der Waals surface area contributed by atoms with E-state index in [0.717, 1.165) is 15.4 Å². The third kappa shape index (κ3) is 1.54. The first-order valence-electron chi connectivity index (χ1n) is 5.82. The van der Waals surface area contributed by atoms with Crippen molar-refractivity contribution >= 4 is 29.1 Å². The lowest BCUT2D eigenvalue weighted by Crippen LogP contribution is -2.60. The molecule has 0 bridgehead atoms. The maximum Gasteiger partial charge on any atom is 0.287 e. The Hall–Kier alpha value is -1.76. The fourth-order valence-electron chi connectivity index (χ4n) is 2.48. The highest BCUT2D eigenvalue weighted by molar-refractivity contribution is 7.08. The second-order valence-corrected chi connectivity index (χ2v) is 5.46. The number of hydrogen-bond acceptors (Lipinski definition) is 4. The van der Waals surface area contributed by atoms with Crippen molar-refractivity contribution < 1.29 is 18.8 Å². The van der Waals surface area contributed by atoms with Gasteiger partial charge in [0, 0.05) is 25.3 Å². The van der Waals surface area contributed by atoms with Crippen LogP contribution in [0.3, 0.4) is 0 Å². The first-order valence-corrected chi connectivity index (χ1v) is 6.76. The molecular weight excluding hydrogens is 271 g/mol. The van der Waals surface area contributed by atoms with Gasteiger partial charge >= 0.3 is 0 Å². The van der Waals surface area contributed by atoms with E-state index in [1.54, 1.807) is 10.8 Å². The lowest BCUT2D eigenvalue weighted by atomic mass is 10.00. The molecule has 0 radical (unpaired) electrons. The molecule has 2 aliphatic heterocycles. The number of piperidine rings is 1. The maximum atomic E-state index is 15.0. The zero-order chi connectivity index (χ0) is 13.8. The summed E-state index contributed by atoms with van der Waals surface area (Å²) in [7, 11) is 1.24. The fraction of sp³-hybridized carbons (Fsp3) is 0.417. The van der Waals surface area contributed by atoms with Crippen LogP contribution in [0.2, 0.25) is 0 Å². The Bertz CT molecular complexity index is 600. The van der Waals surface area contributed by atoms with Crippen LogP contribution in [0.15, 0.2) is 10.8 Å². The third-order valence-corrected chi connectivity index (χ3v) is 4.44. The van der Waals surface area contributed by atoms with Crippen LogP contribution in [-0.2, 0) is 16.1 Å². The second-order valence-electron chi connectivity index (χ2n) is 4.72. The van der Waals surface area contributed by atoms with Gasteiger partial charge < -0.3 is 0 Å². The van der Waals surface area contributed by atoms with Crippen molar-refractivity contribution in [3.05, 3.63) is 21.9 Å². The van der Waals surface area contributed by atoms with Crippen LogP contribution in [0, 0.1) is 0 Å². The van der Waals surface area contributed by atoms with Gasteiger partial charge in [0.2, 0.25) is 5.91 Å². The molecule has 0 saturated carbocycles. The van der Waals surface area contributed by atoms with Crippen LogP contribution in [0.1, 0.15) is 28.8 Å². The fourth-order valence-corrected chi connectivity index (χ4v) is 3.30. The predicted octanol–water partition coefficient (Wildman–Crippen LogP) is 1.15. The molecule has 1 aromatic rings. The molecular formula is C12H11FN2O3S. The highest BCUT2D eigenvalue weighted by Crippen LogP contribution is 2.38. The van der Waals surface area contributed by atoms with Crippen LogP contribution >= 0.6 is 11.3 Å². The number of hydrogen-bond donors (Lipinski definition) is 0. The van der Waals surface area contributed by atoms with Crippen molar-refractivity contribution in [3.8, 4) is 0 Å². The number of amides is 3. The van der Waals surface area contributed by atoms with Crippen LogP contribution in [0.25, 0.3) is 0 Å². The van der Waals surface area contributed by atoms with E-state index in [4.69, 9.17) is 0 Å². The Kier molecular flexibility index (Phi) is 2.50. The van der Waals surface area contributed by atoms with Gasteiger partial charge in [-0.15, -0.1) is 0 Å². The Labute approximate surface area is 112 Å². The molecule has 1 fully saturated rings. The number of alkyl halides is 1. The van der Waals surface area contributed by atoms with Crippen molar-refractivity contribution in [1.29, 1.82) is 0 Å². The quantitative estimate of drug-likeness (QED) is 0.573. The van der Waals surface area contributed by atoms with Crippen LogP contribution in [0.5, 0.6) is 0 Å². The first-order chi connectivity index (χ1) is 8.95. The summed E-state index contributed by atoms with van der Waals surface area (Å²) >= 11 is 1.38. The van der Waals surface area contributed by atoms with Gasteiger partial charge in [0.15, 0.2) is 0 Å². The summed E-state index contributed by atoms with van der Waals surface area (Å²) < 4.78 is 15.0. The number of carbonyl (C=O) groups excluding carboxylic acids is 3. The van der Waals surface area contributed by atoms with Crippen molar-refractivity contribution in [2.75, 3.05) is 7.05 Å². The highest BCUT2D eigenvalue weighted by Gasteiger charge is 2.54. The molecule has 3 heterocycles. The van der Waals surface area contributed by atoms with Crippen molar-refractivity contribution in [2.45, 2.75) is 25.2 Å². The van der Waals surface area contributed by atoms with E-state index in [9.17, 15) is 18.8 Å². The number of nitrogens with zero attached hydrogens (tertiary/aromatic N) is 2. The molecule has 1 saturated heterocycles. The van der Waals surface area contributed by atoms with Gasteiger partial charge in [0.05, 0.1) is 12.1 Å². The molecule has 0 N–H and O–H groups in total. The summed E-state index contributed by atoms with van der Waals surface area (Å²) in [6.07, 6.45) is -0.343. The third-order valence-electron chi connectivity index (χ3n) is 3.65. The standard InChI is InChI=1S/C12H11FN2O3S/c1-14-9(16)2-3-12(13,11(14)18)15-4-7-5-19-6-8(7)10(15)17/h5-6H,2-4H2,1H3/t12-/m0/s1. The Morgan fingerprint density at radius 1 is 1.32 bits per heavy atom. The summed E-state index contributed by atoms with van der Waals surface area (Å²) in [5.74, 6) is -4.25. The average molecular weight is 282 g/mol. The average Bonchev–Trinajstić information content (AvgIpc) is 2.96. The number of thiophene rings is 1. The summed E-state index contributed by atoms with van der Waals surface area (Å²) in [6, 6.07) is 0. The number of carbonyl (C=O) groups is 3. The van der Waals surface area contributed by atoms with E-state index in [1.165, 1.54) is 18.4 Å². The zero-order valence-corrected chi connectivity index (χ0v) is 11.0. The number of likely N-dealkylation sites (N-methyl/N-ethyl adjacent to an activating group) is 1. The Morgan fingerprint density at radius 2 is 2.05 bits per heavy atom.